The van der Waals surface area contributed by atoms with Crippen LogP contribution in [0.25, 0.3) is 11.0 Å². The Balaban J connectivity index is 1.87. The first kappa shape index (κ1) is 11.6. The van der Waals surface area contributed by atoms with Crippen molar-refractivity contribution < 1.29 is 9.21 Å². The number of carbonyl (C=O) groups is 1. The zero-order chi connectivity index (χ0) is 12.5. The lowest BCUT2D eigenvalue weighted by atomic mass is 10.1. The molecule has 3 rings (SSSR count). The van der Waals surface area contributed by atoms with Gasteiger partial charge in [-0.1, -0.05) is 18.2 Å². The average Bonchev–Trinajstić information content (AvgIpc) is 2.81. The Kier molecular flexibility index (Phi) is 3.00. The van der Waals surface area contributed by atoms with Crippen LogP contribution in [0.3, 0.4) is 0 Å². The Morgan fingerprint density at radius 1 is 1.39 bits per heavy atom. The maximum Gasteiger partial charge on any atom is 0.289 e. The summed E-state index contributed by atoms with van der Waals surface area (Å²) in [4.78, 5) is 14.1. The standard InChI is InChI=1S/C14H14ClNO2/c15-11-5-3-7-16(9-11)14(17)13-8-10-4-1-2-6-12(10)18-13/h1-2,4,6,8,11H,3,5,7,9H2. The largest absolute Gasteiger partial charge is 0.451 e. The van der Waals surface area contributed by atoms with Gasteiger partial charge in [-0.3, -0.25) is 4.79 Å². The number of fused-ring (bicyclic) bond motifs is 1. The van der Waals surface area contributed by atoms with Gasteiger partial charge in [0.1, 0.15) is 5.58 Å². The van der Waals surface area contributed by atoms with E-state index in [1.54, 1.807) is 11.0 Å². The first-order valence-electron chi connectivity index (χ1n) is 6.16. The molecule has 1 atom stereocenters. The number of nitrogens with zero attached hydrogens (tertiary/aromatic N) is 1. The first-order valence-corrected chi connectivity index (χ1v) is 6.59. The zero-order valence-corrected chi connectivity index (χ0v) is 10.7. The summed E-state index contributed by atoms with van der Waals surface area (Å²) in [5.74, 6) is 0.346. The van der Waals surface area contributed by atoms with E-state index in [2.05, 4.69) is 0 Å². The molecule has 1 fully saturated rings. The van der Waals surface area contributed by atoms with Gasteiger partial charge >= 0.3 is 0 Å². The number of benzene rings is 1. The second-order valence-electron chi connectivity index (χ2n) is 4.64. The highest BCUT2D eigenvalue weighted by atomic mass is 35.5. The van der Waals surface area contributed by atoms with Gasteiger partial charge in [0.15, 0.2) is 5.76 Å². The Bertz CT molecular complexity index is 545. The maximum atomic E-state index is 12.3. The van der Waals surface area contributed by atoms with Gasteiger partial charge in [0.05, 0.1) is 5.38 Å². The van der Waals surface area contributed by atoms with E-state index >= 15 is 0 Å². The molecule has 1 aromatic carbocycles. The van der Waals surface area contributed by atoms with Gasteiger partial charge < -0.3 is 9.32 Å². The molecule has 3 nitrogen and oxygen atoms in total. The minimum absolute atomic E-state index is 0.0587. The molecule has 0 radical (unpaired) electrons. The monoisotopic (exact) mass is 263 g/mol. The molecule has 0 N–H and O–H groups in total. The van der Waals surface area contributed by atoms with E-state index in [1.165, 1.54) is 0 Å². The zero-order valence-electron chi connectivity index (χ0n) is 9.93. The van der Waals surface area contributed by atoms with Crippen molar-refractivity contribution in [3.8, 4) is 0 Å². The molecule has 1 unspecified atom stereocenters. The lowest BCUT2D eigenvalue weighted by molar-refractivity contribution is 0.0697. The lowest BCUT2D eigenvalue weighted by Gasteiger charge is -2.28. The van der Waals surface area contributed by atoms with Crippen LogP contribution >= 0.6 is 11.6 Å². The topological polar surface area (TPSA) is 33.5 Å². The quantitative estimate of drug-likeness (QED) is 0.740. The summed E-state index contributed by atoms with van der Waals surface area (Å²) >= 11 is 6.10. The number of likely N-dealkylation sites (tertiary alicyclic amines) is 1. The average molecular weight is 264 g/mol. The highest BCUT2D eigenvalue weighted by molar-refractivity contribution is 6.21. The van der Waals surface area contributed by atoms with E-state index in [-0.39, 0.29) is 11.3 Å². The fourth-order valence-corrected chi connectivity index (χ4v) is 2.67. The third kappa shape index (κ3) is 2.10. The second-order valence-corrected chi connectivity index (χ2v) is 5.26. The number of halogens is 1. The normalized spacial score (nSPS) is 20.3. The number of hydrogen-bond acceptors (Lipinski definition) is 2. The molecule has 1 aliphatic heterocycles. The van der Waals surface area contributed by atoms with Crippen LogP contribution in [0.4, 0.5) is 0 Å². The van der Waals surface area contributed by atoms with Crippen molar-refractivity contribution in [3.63, 3.8) is 0 Å². The SMILES string of the molecule is O=C(c1cc2ccccc2o1)N1CCCC(Cl)C1. The van der Waals surface area contributed by atoms with Gasteiger partial charge in [0.2, 0.25) is 0 Å². The minimum Gasteiger partial charge on any atom is -0.451 e. The number of piperidine rings is 1. The van der Waals surface area contributed by atoms with Crippen molar-refractivity contribution in [2.75, 3.05) is 13.1 Å². The third-order valence-corrected chi connectivity index (χ3v) is 3.64. The molecular weight excluding hydrogens is 250 g/mol. The van der Waals surface area contributed by atoms with E-state index in [1.807, 2.05) is 24.3 Å². The number of alkyl halides is 1. The van der Waals surface area contributed by atoms with Crippen LogP contribution in [-0.2, 0) is 0 Å². The molecule has 0 bridgehead atoms. The van der Waals surface area contributed by atoms with Crippen LogP contribution in [0.15, 0.2) is 34.7 Å². The van der Waals surface area contributed by atoms with Crippen molar-refractivity contribution in [1.29, 1.82) is 0 Å². The molecule has 0 saturated carbocycles. The van der Waals surface area contributed by atoms with E-state index < -0.39 is 0 Å². The van der Waals surface area contributed by atoms with E-state index in [0.717, 1.165) is 30.4 Å². The van der Waals surface area contributed by atoms with Crippen LogP contribution in [-0.4, -0.2) is 29.3 Å². The number of furan rings is 1. The van der Waals surface area contributed by atoms with Crippen molar-refractivity contribution in [2.24, 2.45) is 0 Å². The second kappa shape index (κ2) is 4.65. The maximum absolute atomic E-state index is 12.3. The van der Waals surface area contributed by atoms with Crippen molar-refractivity contribution in [1.82, 2.24) is 4.90 Å². The van der Waals surface area contributed by atoms with Gasteiger partial charge in [-0.05, 0) is 25.0 Å². The molecular formula is C14H14ClNO2. The summed E-state index contributed by atoms with van der Waals surface area (Å²) < 4.78 is 5.58. The molecule has 0 aliphatic carbocycles. The number of hydrogen-bond donors (Lipinski definition) is 0. The van der Waals surface area contributed by atoms with Gasteiger partial charge in [0, 0.05) is 18.5 Å². The van der Waals surface area contributed by atoms with E-state index in [4.69, 9.17) is 16.0 Å². The summed E-state index contributed by atoms with van der Waals surface area (Å²) in [5.41, 5.74) is 0.750. The number of para-hydroxylation sites is 1. The molecule has 1 amide bonds. The molecule has 1 aliphatic rings. The van der Waals surface area contributed by atoms with Crippen LogP contribution in [0.2, 0.25) is 0 Å². The highest BCUT2D eigenvalue weighted by Gasteiger charge is 2.25. The molecule has 18 heavy (non-hydrogen) atoms. The highest BCUT2D eigenvalue weighted by Crippen LogP contribution is 2.22. The Hall–Kier alpha value is -1.48. The Labute approximate surface area is 110 Å². The number of carbonyl (C=O) groups excluding carboxylic acids is 1. The Morgan fingerprint density at radius 3 is 3.00 bits per heavy atom. The summed E-state index contributed by atoms with van der Waals surface area (Å²) in [6.45, 7) is 1.37. The number of rotatable bonds is 1. The molecule has 94 valence electrons. The molecule has 0 spiro atoms. The minimum atomic E-state index is -0.0587. The first-order chi connectivity index (χ1) is 8.74. The van der Waals surface area contributed by atoms with E-state index in [0.29, 0.717) is 12.3 Å². The molecule has 1 saturated heterocycles. The van der Waals surface area contributed by atoms with Crippen LogP contribution in [0, 0.1) is 0 Å². The molecule has 2 heterocycles. The number of amides is 1. The predicted octanol–water partition coefficient (Wildman–Crippen LogP) is 3.28. The predicted molar refractivity (Wildman–Crippen MR) is 71.0 cm³/mol. The molecule has 4 heteroatoms. The van der Waals surface area contributed by atoms with Gasteiger partial charge in [-0.2, -0.15) is 0 Å². The summed E-state index contributed by atoms with van der Waals surface area (Å²) in [7, 11) is 0. The fraction of sp³-hybridized carbons (Fsp3) is 0.357. The Morgan fingerprint density at radius 2 is 2.22 bits per heavy atom. The fourth-order valence-electron chi connectivity index (χ4n) is 2.35. The summed E-state index contributed by atoms with van der Waals surface area (Å²) in [6, 6.07) is 9.44. The van der Waals surface area contributed by atoms with Crippen molar-refractivity contribution in [2.45, 2.75) is 18.2 Å². The van der Waals surface area contributed by atoms with Gasteiger partial charge in [-0.15, -0.1) is 11.6 Å². The summed E-state index contributed by atoms with van der Waals surface area (Å²) in [6.07, 6.45) is 1.94. The summed E-state index contributed by atoms with van der Waals surface area (Å²) in [5, 5.41) is 1.02. The smallest absolute Gasteiger partial charge is 0.289 e. The van der Waals surface area contributed by atoms with Crippen molar-refractivity contribution >= 4 is 28.5 Å². The van der Waals surface area contributed by atoms with Crippen LogP contribution < -0.4 is 0 Å². The van der Waals surface area contributed by atoms with Gasteiger partial charge in [0.25, 0.3) is 5.91 Å². The third-order valence-electron chi connectivity index (χ3n) is 3.29. The van der Waals surface area contributed by atoms with E-state index in [9.17, 15) is 4.79 Å². The molecule has 2 aromatic rings. The molecule has 1 aromatic heterocycles. The lowest BCUT2D eigenvalue weighted by Crippen LogP contribution is -2.40. The van der Waals surface area contributed by atoms with Gasteiger partial charge in [-0.25, -0.2) is 0 Å². The van der Waals surface area contributed by atoms with Crippen molar-refractivity contribution in [3.05, 3.63) is 36.1 Å². The van der Waals surface area contributed by atoms with Crippen LogP contribution in [0.5, 0.6) is 0 Å². The van der Waals surface area contributed by atoms with Crippen LogP contribution in [0.1, 0.15) is 23.4 Å².